The summed E-state index contributed by atoms with van der Waals surface area (Å²) in [7, 11) is -3.89. The van der Waals surface area contributed by atoms with Crippen LogP contribution in [0.4, 0.5) is 0 Å². The molecule has 0 aromatic heterocycles. The van der Waals surface area contributed by atoms with E-state index in [-0.39, 0.29) is 4.90 Å². The lowest BCUT2D eigenvalue weighted by Gasteiger charge is -2.13. The zero-order valence-electron chi connectivity index (χ0n) is 12.6. The van der Waals surface area contributed by atoms with Crippen LogP contribution >= 0.6 is 0 Å². The van der Waals surface area contributed by atoms with Gasteiger partial charge in [-0.1, -0.05) is 28.3 Å². The number of allylic oxidation sites excluding steroid dienone is 3. The van der Waals surface area contributed by atoms with Crippen LogP contribution in [0, 0.1) is 20.8 Å². The fourth-order valence-electron chi connectivity index (χ4n) is 2.31. The quantitative estimate of drug-likeness (QED) is 0.866. The van der Waals surface area contributed by atoms with Crippen LogP contribution in [-0.4, -0.2) is 18.7 Å². The van der Waals surface area contributed by atoms with Gasteiger partial charge in [-0.25, -0.2) is 5.06 Å². The van der Waals surface area contributed by atoms with Crippen LogP contribution in [0.3, 0.4) is 0 Å². The van der Waals surface area contributed by atoms with Crippen molar-refractivity contribution in [1.29, 1.82) is 0 Å². The zero-order valence-corrected chi connectivity index (χ0v) is 13.4. The molecule has 0 bridgehead atoms. The normalized spacial score (nSPS) is 16.9. The van der Waals surface area contributed by atoms with Gasteiger partial charge in [-0.2, -0.15) is 8.42 Å². The molecular formula is C15H17N3O3S. The first-order chi connectivity index (χ1) is 10.3. The number of hydrogen-bond acceptors (Lipinski definition) is 5. The average Bonchev–Trinajstić information content (AvgIpc) is 2.39. The molecule has 0 aliphatic carbocycles. The first-order valence-corrected chi connectivity index (χ1v) is 8.03. The molecule has 0 atom stereocenters. The number of hydrogen-bond donors (Lipinski definition) is 1. The molecule has 0 saturated carbocycles. The van der Waals surface area contributed by atoms with Crippen molar-refractivity contribution in [3.05, 3.63) is 65.1 Å². The van der Waals surface area contributed by atoms with E-state index in [4.69, 9.17) is 0 Å². The summed E-state index contributed by atoms with van der Waals surface area (Å²) in [6.07, 6.45) is 7.48. The molecule has 1 aliphatic heterocycles. The summed E-state index contributed by atoms with van der Waals surface area (Å²) in [6, 6.07) is 3.58. The molecule has 7 heteroatoms. The molecule has 0 unspecified atom stereocenters. The molecule has 116 valence electrons. The molecule has 0 radical (unpaired) electrons. The van der Waals surface area contributed by atoms with Gasteiger partial charge in [0.15, 0.2) is 0 Å². The molecule has 22 heavy (non-hydrogen) atoms. The molecule has 0 amide bonds. The van der Waals surface area contributed by atoms with Crippen LogP contribution in [0.15, 0.2) is 63.0 Å². The van der Waals surface area contributed by atoms with E-state index >= 15 is 0 Å². The fourth-order valence-corrected chi connectivity index (χ4v) is 3.49. The van der Waals surface area contributed by atoms with Crippen LogP contribution in [0.5, 0.6) is 0 Å². The summed E-state index contributed by atoms with van der Waals surface area (Å²) in [5, 5.41) is 13.9. The Bertz CT molecular complexity index is 782. The smallest absolute Gasteiger partial charge is 0.284 e. The van der Waals surface area contributed by atoms with Crippen molar-refractivity contribution in [3.63, 3.8) is 0 Å². The number of nitrogens with zero attached hydrogens (tertiary/aromatic N) is 3. The van der Waals surface area contributed by atoms with E-state index in [9.17, 15) is 13.6 Å². The number of aryl methyl sites for hydroxylation is 3. The number of hydroxylamine groups is 2. The van der Waals surface area contributed by atoms with Crippen LogP contribution in [0.2, 0.25) is 0 Å². The summed E-state index contributed by atoms with van der Waals surface area (Å²) in [4.78, 5) is 0.167. The Morgan fingerprint density at radius 1 is 1.14 bits per heavy atom. The lowest BCUT2D eigenvalue weighted by atomic mass is 10.1. The van der Waals surface area contributed by atoms with E-state index in [0.717, 1.165) is 10.6 Å². The van der Waals surface area contributed by atoms with Gasteiger partial charge < -0.3 is 0 Å². The SMILES string of the molecule is Cc1cc(C)c(S(=O)(=O)N=N/C=C2\C=CC=CN2O)c(C)c1. The Morgan fingerprint density at radius 2 is 1.77 bits per heavy atom. The minimum atomic E-state index is -3.89. The van der Waals surface area contributed by atoms with Crippen molar-refractivity contribution in [2.24, 2.45) is 9.63 Å². The van der Waals surface area contributed by atoms with Crippen molar-refractivity contribution >= 4 is 10.0 Å². The third kappa shape index (κ3) is 3.49. The third-order valence-electron chi connectivity index (χ3n) is 3.08. The lowest BCUT2D eigenvalue weighted by Crippen LogP contribution is -2.10. The minimum Gasteiger partial charge on any atom is -0.284 e. The molecule has 0 saturated heterocycles. The standard InChI is InChI=1S/C15H17N3O3S/c1-11-8-12(2)15(13(3)9-11)22(20,21)17-16-10-14-6-4-5-7-18(14)19/h4-10,19H,1-3H3/b14-10+,17-16?. The van der Waals surface area contributed by atoms with Crippen LogP contribution in [0.25, 0.3) is 0 Å². The van der Waals surface area contributed by atoms with Crippen LogP contribution in [-0.2, 0) is 10.0 Å². The molecule has 1 aliphatic rings. The first kappa shape index (κ1) is 16.1. The van der Waals surface area contributed by atoms with E-state index < -0.39 is 10.0 Å². The zero-order chi connectivity index (χ0) is 16.3. The van der Waals surface area contributed by atoms with Crippen molar-refractivity contribution in [2.45, 2.75) is 25.7 Å². The minimum absolute atomic E-state index is 0.167. The lowest BCUT2D eigenvalue weighted by molar-refractivity contribution is -0.000512. The largest absolute Gasteiger partial charge is 0.300 e. The predicted octanol–water partition coefficient (Wildman–Crippen LogP) is 3.37. The molecule has 1 aromatic carbocycles. The summed E-state index contributed by atoms with van der Waals surface area (Å²) in [5.74, 6) is 0. The third-order valence-corrected chi connectivity index (χ3v) is 4.55. The Morgan fingerprint density at radius 3 is 2.36 bits per heavy atom. The summed E-state index contributed by atoms with van der Waals surface area (Å²) in [6.45, 7) is 5.36. The summed E-state index contributed by atoms with van der Waals surface area (Å²) >= 11 is 0. The van der Waals surface area contributed by atoms with Gasteiger partial charge in [0.2, 0.25) is 0 Å². The topological polar surface area (TPSA) is 82.3 Å². The highest BCUT2D eigenvalue weighted by Gasteiger charge is 2.19. The van der Waals surface area contributed by atoms with Gasteiger partial charge in [-0.05, 0) is 44.1 Å². The van der Waals surface area contributed by atoms with Gasteiger partial charge in [0, 0.05) is 6.20 Å². The molecule has 0 fully saturated rings. The average molecular weight is 319 g/mol. The highest BCUT2D eigenvalue weighted by Crippen LogP contribution is 2.24. The van der Waals surface area contributed by atoms with Gasteiger partial charge in [0.25, 0.3) is 10.0 Å². The second-order valence-corrected chi connectivity index (χ2v) is 6.52. The summed E-state index contributed by atoms with van der Waals surface area (Å²) in [5.41, 5.74) is 2.57. The highest BCUT2D eigenvalue weighted by molar-refractivity contribution is 7.90. The Kier molecular flexibility index (Phi) is 4.58. The van der Waals surface area contributed by atoms with E-state index in [0.29, 0.717) is 16.8 Å². The van der Waals surface area contributed by atoms with Gasteiger partial charge in [-0.15, -0.1) is 5.11 Å². The molecular weight excluding hydrogens is 302 g/mol. The van der Waals surface area contributed by atoms with Crippen molar-refractivity contribution in [1.82, 2.24) is 5.06 Å². The highest BCUT2D eigenvalue weighted by atomic mass is 32.2. The molecule has 6 nitrogen and oxygen atoms in total. The maximum Gasteiger partial charge on any atom is 0.300 e. The number of rotatable bonds is 3. The van der Waals surface area contributed by atoms with Gasteiger partial charge in [0.1, 0.15) is 0 Å². The summed E-state index contributed by atoms with van der Waals surface area (Å²) < 4.78 is 28.1. The van der Waals surface area contributed by atoms with E-state index in [1.165, 1.54) is 12.4 Å². The van der Waals surface area contributed by atoms with Crippen LogP contribution < -0.4 is 0 Å². The van der Waals surface area contributed by atoms with Crippen molar-refractivity contribution < 1.29 is 13.6 Å². The molecule has 1 heterocycles. The van der Waals surface area contributed by atoms with Gasteiger partial charge in [0.05, 0.1) is 16.8 Å². The first-order valence-electron chi connectivity index (χ1n) is 6.59. The van der Waals surface area contributed by atoms with Crippen molar-refractivity contribution in [3.8, 4) is 0 Å². The van der Waals surface area contributed by atoms with E-state index in [1.807, 2.05) is 6.92 Å². The van der Waals surface area contributed by atoms with Crippen LogP contribution in [0.1, 0.15) is 16.7 Å². The van der Waals surface area contributed by atoms with E-state index in [1.54, 1.807) is 44.2 Å². The maximum absolute atomic E-state index is 12.3. The fraction of sp³-hybridized carbons (Fsp3) is 0.200. The van der Waals surface area contributed by atoms with Crippen molar-refractivity contribution in [2.75, 3.05) is 0 Å². The van der Waals surface area contributed by atoms with Gasteiger partial charge >= 0.3 is 0 Å². The molecule has 1 N–H and O–H groups in total. The van der Waals surface area contributed by atoms with Gasteiger partial charge in [-0.3, -0.25) is 5.21 Å². The molecule has 0 spiro atoms. The predicted molar refractivity (Wildman–Crippen MR) is 82.7 cm³/mol. The number of benzene rings is 1. The van der Waals surface area contributed by atoms with E-state index in [2.05, 4.69) is 9.63 Å². The molecule has 2 rings (SSSR count). The second-order valence-electron chi connectivity index (χ2n) is 5.00. The number of sulfonamides is 1. The monoisotopic (exact) mass is 319 g/mol. The Hall–Kier alpha value is -2.25. The molecule has 1 aromatic rings. The Labute approximate surface area is 129 Å². The Balaban J connectivity index is 2.33. The second kappa shape index (κ2) is 6.25. The maximum atomic E-state index is 12.3.